The molecule has 0 saturated carbocycles. The number of nitriles is 1. The Kier molecular flexibility index (Phi) is 3.44. The Hall–Kier alpha value is -2.23. The lowest BCUT2D eigenvalue weighted by Gasteiger charge is -2.29. The molecule has 1 aromatic carbocycles. The van der Waals surface area contributed by atoms with Crippen molar-refractivity contribution in [1.82, 2.24) is 14.7 Å². The molecule has 1 unspecified atom stereocenters. The number of benzene rings is 1. The summed E-state index contributed by atoms with van der Waals surface area (Å²) in [6, 6.07) is 10.8. The Balaban J connectivity index is 1.69. The largest absolute Gasteiger partial charge is 0.357 e. The number of rotatable bonds is 1. The molecule has 5 nitrogen and oxygen atoms in total. The van der Waals surface area contributed by atoms with E-state index >= 15 is 0 Å². The number of para-hydroxylation sites is 2. The van der Waals surface area contributed by atoms with Crippen molar-refractivity contribution in [2.45, 2.75) is 12.2 Å². The van der Waals surface area contributed by atoms with Crippen molar-refractivity contribution in [1.29, 1.82) is 5.26 Å². The molecule has 0 aliphatic carbocycles. The van der Waals surface area contributed by atoms with Gasteiger partial charge in [-0.2, -0.15) is 17.0 Å². The van der Waals surface area contributed by atoms with Crippen LogP contribution in [0.15, 0.2) is 24.3 Å². The monoisotopic (exact) mass is 375 g/mol. The van der Waals surface area contributed by atoms with E-state index in [-0.39, 0.29) is 0 Å². The first-order chi connectivity index (χ1) is 13.3. The van der Waals surface area contributed by atoms with Crippen molar-refractivity contribution in [3.63, 3.8) is 0 Å². The van der Waals surface area contributed by atoms with E-state index < -0.39 is 0 Å². The van der Waals surface area contributed by atoms with Crippen molar-refractivity contribution >= 4 is 34.3 Å². The first-order valence-electron chi connectivity index (χ1n) is 9.73. The van der Waals surface area contributed by atoms with E-state index in [1.165, 1.54) is 16.9 Å². The molecular formula is C21H21N5S. The summed E-state index contributed by atoms with van der Waals surface area (Å²) in [5.74, 6) is 4.85. The minimum atomic E-state index is 0.734. The lowest BCUT2D eigenvalue weighted by molar-refractivity contribution is 0.533. The summed E-state index contributed by atoms with van der Waals surface area (Å²) in [4.78, 5) is 7.48. The molecule has 0 radical (unpaired) electrons. The first-order valence-corrected chi connectivity index (χ1v) is 10.9. The standard InChI is InChI=1S/C21H21N5S/c22-7-16-15-5-6-27-12-17(15)21(25-10-13-8-23-9-14(13)11-25)26-19-4-2-1-3-18(19)24-20(16)26/h1-4,13-14,23H,5-6,8-12H2/t13-,14?/m1/s1. The Morgan fingerprint density at radius 2 is 1.96 bits per heavy atom. The van der Waals surface area contributed by atoms with Gasteiger partial charge in [-0.05, 0) is 41.7 Å². The Morgan fingerprint density at radius 1 is 1.15 bits per heavy atom. The number of nitrogens with zero attached hydrogens (tertiary/aromatic N) is 4. The van der Waals surface area contributed by atoms with Crippen molar-refractivity contribution in [3.8, 4) is 6.07 Å². The van der Waals surface area contributed by atoms with E-state index in [4.69, 9.17) is 4.98 Å². The van der Waals surface area contributed by atoms with Gasteiger partial charge in [0.05, 0.1) is 16.6 Å². The van der Waals surface area contributed by atoms with Crippen molar-refractivity contribution in [2.24, 2.45) is 11.8 Å². The second kappa shape index (κ2) is 5.88. The van der Waals surface area contributed by atoms with Gasteiger partial charge < -0.3 is 10.2 Å². The topological polar surface area (TPSA) is 56.4 Å². The van der Waals surface area contributed by atoms with E-state index in [1.54, 1.807) is 0 Å². The Bertz CT molecular complexity index is 1100. The third-order valence-corrected chi connectivity index (χ3v) is 7.46. The molecule has 0 spiro atoms. The molecule has 3 aliphatic rings. The minimum absolute atomic E-state index is 0.734. The zero-order valence-electron chi connectivity index (χ0n) is 15.1. The van der Waals surface area contributed by atoms with Crippen LogP contribution in [0.25, 0.3) is 16.7 Å². The summed E-state index contributed by atoms with van der Waals surface area (Å²) in [5, 5.41) is 13.5. The quantitative estimate of drug-likeness (QED) is 0.709. The number of aromatic nitrogens is 2. The van der Waals surface area contributed by atoms with Crippen LogP contribution < -0.4 is 10.2 Å². The molecule has 136 valence electrons. The second-order valence-corrected chi connectivity index (χ2v) is 9.02. The van der Waals surface area contributed by atoms with E-state index in [1.807, 2.05) is 17.8 Å². The summed E-state index contributed by atoms with van der Waals surface area (Å²) >= 11 is 1.99. The van der Waals surface area contributed by atoms with E-state index in [2.05, 4.69) is 38.9 Å². The molecule has 3 aliphatic heterocycles. The minimum Gasteiger partial charge on any atom is -0.357 e. The maximum Gasteiger partial charge on any atom is 0.157 e. The Morgan fingerprint density at radius 3 is 2.78 bits per heavy atom. The van der Waals surface area contributed by atoms with Gasteiger partial charge in [0.15, 0.2) is 5.65 Å². The maximum atomic E-state index is 9.97. The summed E-state index contributed by atoms with van der Waals surface area (Å²) in [5.41, 5.74) is 6.33. The molecule has 3 aromatic rings. The fourth-order valence-corrected chi connectivity index (χ4v) is 6.22. The number of pyridine rings is 1. The number of imidazole rings is 1. The molecule has 0 bridgehead atoms. The van der Waals surface area contributed by atoms with Gasteiger partial charge in [0, 0.05) is 37.5 Å². The summed E-state index contributed by atoms with van der Waals surface area (Å²) in [6.07, 6.45) is 0.970. The molecule has 2 atom stereocenters. The lowest BCUT2D eigenvalue weighted by Crippen LogP contribution is -2.29. The molecule has 6 heteroatoms. The van der Waals surface area contributed by atoms with Crippen LogP contribution in [-0.4, -0.2) is 41.3 Å². The van der Waals surface area contributed by atoms with Crippen LogP contribution in [0, 0.1) is 23.2 Å². The van der Waals surface area contributed by atoms with Crippen molar-refractivity contribution in [3.05, 3.63) is 41.0 Å². The number of anilines is 1. The molecule has 5 heterocycles. The summed E-state index contributed by atoms with van der Waals surface area (Å²) in [6.45, 7) is 4.45. The van der Waals surface area contributed by atoms with Crippen LogP contribution >= 0.6 is 11.8 Å². The SMILES string of the molecule is N#Cc1c2c(c(N3CC4CNC[C@@H]4C3)n3c1nc1ccccc13)CSCC2. The highest BCUT2D eigenvalue weighted by Gasteiger charge is 2.39. The predicted molar refractivity (Wildman–Crippen MR) is 109 cm³/mol. The molecule has 1 N–H and O–H groups in total. The van der Waals surface area contributed by atoms with Crippen LogP contribution in [0.5, 0.6) is 0 Å². The number of fused-ring (bicyclic) bond motifs is 5. The third-order valence-electron chi connectivity index (χ3n) is 6.48. The molecule has 27 heavy (non-hydrogen) atoms. The molecule has 2 fully saturated rings. The number of thioether (sulfide) groups is 1. The van der Waals surface area contributed by atoms with Gasteiger partial charge in [-0.1, -0.05) is 12.1 Å². The van der Waals surface area contributed by atoms with E-state index in [0.29, 0.717) is 0 Å². The van der Waals surface area contributed by atoms with Gasteiger partial charge >= 0.3 is 0 Å². The average Bonchev–Trinajstić information content (AvgIpc) is 3.39. The highest BCUT2D eigenvalue weighted by atomic mass is 32.2. The van der Waals surface area contributed by atoms with Crippen molar-refractivity contribution < 1.29 is 0 Å². The van der Waals surface area contributed by atoms with Gasteiger partial charge in [0.1, 0.15) is 11.9 Å². The maximum absolute atomic E-state index is 9.97. The fourth-order valence-electron chi connectivity index (χ4n) is 5.22. The number of hydrogen-bond acceptors (Lipinski definition) is 5. The average molecular weight is 376 g/mol. The summed E-state index contributed by atoms with van der Waals surface area (Å²) < 4.78 is 2.28. The first kappa shape index (κ1) is 15.8. The van der Waals surface area contributed by atoms with Gasteiger partial charge in [-0.3, -0.25) is 4.40 Å². The summed E-state index contributed by atoms with van der Waals surface area (Å²) in [7, 11) is 0. The predicted octanol–water partition coefficient (Wildman–Crippen LogP) is 2.80. The third kappa shape index (κ3) is 2.19. The molecule has 6 rings (SSSR count). The van der Waals surface area contributed by atoms with Crippen LogP contribution in [-0.2, 0) is 12.2 Å². The van der Waals surface area contributed by atoms with Crippen LogP contribution in [0.4, 0.5) is 5.82 Å². The second-order valence-electron chi connectivity index (χ2n) is 7.91. The van der Waals surface area contributed by atoms with E-state index in [9.17, 15) is 5.26 Å². The van der Waals surface area contributed by atoms with Gasteiger partial charge in [0.25, 0.3) is 0 Å². The fraction of sp³-hybridized carbons (Fsp3) is 0.429. The zero-order valence-corrected chi connectivity index (χ0v) is 15.9. The highest BCUT2D eigenvalue weighted by molar-refractivity contribution is 7.98. The van der Waals surface area contributed by atoms with Gasteiger partial charge in [0.2, 0.25) is 0 Å². The normalized spacial score (nSPS) is 24.3. The molecule has 2 saturated heterocycles. The van der Waals surface area contributed by atoms with Gasteiger partial charge in [-0.25, -0.2) is 4.98 Å². The molecule has 2 aromatic heterocycles. The number of hydrogen-bond donors (Lipinski definition) is 1. The number of nitrogens with one attached hydrogen (secondary N) is 1. The van der Waals surface area contributed by atoms with Gasteiger partial charge in [-0.15, -0.1) is 0 Å². The lowest BCUT2D eigenvalue weighted by atomic mass is 10.0. The van der Waals surface area contributed by atoms with Crippen LogP contribution in [0.1, 0.15) is 16.7 Å². The molecular weight excluding hydrogens is 354 g/mol. The highest BCUT2D eigenvalue weighted by Crippen LogP contribution is 2.41. The van der Waals surface area contributed by atoms with Crippen LogP contribution in [0.2, 0.25) is 0 Å². The zero-order chi connectivity index (χ0) is 18.0. The van der Waals surface area contributed by atoms with Crippen molar-refractivity contribution in [2.75, 3.05) is 36.8 Å². The van der Waals surface area contributed by atoms with E-state index in [0.717, 1.165) is 78.2 Å². The van der Waals surface area contributed by atoms with Crippen LogP contribution in [0.3, 0.4) is 0 Å². The Labute approximate surface area is 162 Å². The molecule has 0 amide bonds. The smallest absolute Gasteiger partial charge is 0.157 e.